The number of carbonyl (C=O) groups is 2. The highest BCUT2D eigenvalue weighted by Crippen LogP contribution is 2.61. The van der Waals surface area contributed by atoms with E-state index in [1.54, 1.807) is 6.92 Å². The summed E-state index contributed by atoms with van der Waals surface area (Å²) in [5.74, 6) is 2.34. The molecular weight excluding hydrogens is 256 g/mol. The summed E-state index contributed by atoms with van der Waals surface area (Å²) in [5, 5.41) is 2.48. The molecule has 0 aromatic rings. The monoisotopic (exact) mass is 280 g/mol. The number of nitrogens with one attached hydrogen (secondary N) is 2. The molecule has 0 atom stereocenters. The molecule has 4 rings (SSSR count). The number of rotatable bonds is 3. The molecule has 0 heterocycles. The van der Waals surface area contributed by atoms with Crippen molar-refractivity contribution in [2.75, 3.05) is 6.54 Å². The quantitative estimate of drug-likeness (QED) is 0.780. The summed E-state index contributed by atoms with van der Waals surface area (Å²) in [6, 6.07) is 0. The van der Waals surface area contributed by atoms with Gasteiger partial charge < -0.3 is 10.2 Å². The molecule has 0 saturated heterocycles. The molecule has 4 bridgehead atoms. The first-order valence-electron chi connectivity index (χ1n) is 7.82. The van der Waals surface area contributed by atoms with Gasteiger partial charge in [-0.3, -0.25) is 4.79 Å². The van der Waals surface area contributed by atoms with Crippen molar-refractivity contribution in [1.82, 2.24) is 10.8 Å². The summed E-state index contributed by atoms with van der Waals surface area (Å²) >= 11 is 0. The van der Waals surface area contributed by atoms with E-state index >= 15 is 0 Å². The Hall–Kier alpha value is -1.26. The number of hydrogen-bond donors (Lipinski definition) is 2. The van der Waals surface area contributed by atoms with Crippen LogP contribution in [0, 0.1) is 23.2 Å². The van der Waals surface area contributed by atoms with E-state index in [0.29, 0.717) is 13.0 Å². The zero-order valence-electron chi connectivity index (χ0n) is 12.1. The van der Waals surface area contributed by atoms with Gasteiger partial charge in [0.05, 0.1) is 0 Å². The molecule has 2 amide bonds. The molecule has 0 radical (unpaired) electrons. The van der Waals surface area contributed by atoms with Crippen LogP contribution < -0.4 is 10.8 Å². The van der Waals surface area contributed by atoms with E-state index in [9.17, 15) is 9.59 Å². The van der Waals surface area contributed by atoms with Gasteiger partial charge in [0.2, 0.25) is 0 Å². The Morgan fingerprint density at radius 1 is 1.10 bits per heavy atom. The van der Waals surface area contributed by atoms with Crippen LogP contribution in [0.25, 0.3) is 0 Å². The highest BCUT2D eigenvalue weighted by atomic mass is 16.7. The van der Waals surface area contributed by atoms with Crippen LogP contribution in [0.2, 0.25) is 0 Å². The molecule has 0 spiro atoms. The second kappa shape index (κ2) is 5.26. The highest BCUT2D eigenvalue weighted by Gasteiger charge is 2.51. The Bertz CT molecular complexity index is 373. The molecule has 0 aromatic carbocycles. The fourth-order valence-electron chi connectivity index (χ4n) is 5.17. The fourth-order valence-corrected chi connectivity index (χ4v) is 5.17. The maximum Gasteiger partial charge on any atom is 0.431 e. The lowest BCUT2D eigenvalue weighted by Gasteiger charge is -2.56. The van der Waals surface area contributed by atoms with Gasteiger partial charge >= 0.3 is 6.09 Å². The molecule has 0 aliphatic heterocycles. The van der Waals surface area contributed by atoms with Crippen molar-refractivity contribution in [2.45, 2.75) is 51.9 Å². The van der Waals surface area contributed by atoms with Gasteiger partial charge in [0, 0.05) is 13.0 Å². The smallest absolute Gasteiger partial charge is 0.322 e. The Labute approximate surface area is 119 Å². The molecule has 4 aliphatic rings. The van der Waals surface area contributed by atoms with E-state index in [0.717, 1.165) is 17.8 Å². The van der Waals surface area contributed by atoms with Crippen molar-refractivity contribution in [3.8, 4) is 0 Å². The molecule has 0 unspecified atom stereocenters. The van der Waals surface area contributed by atoms with Gasteiger partial charge in [-0.05, 0) is 68.6 Å². The molecule has 112 valence electrons. The van der Waals surface area contributed by atoms with Crippen LogP contribution in [0.15, 0.2) is 0 Å². The standard InChI is InChI=1S/C15H24N2O3/c1-2-16-14(19)20-17-13(18)9-15-6-10-3-11(7-15)5-12(4-10)8-15/h10-12H,2-9H2,1H3,(H,16,19)(H,17,18). The summed E-state index contributed by atoms with van der Waals surface area (Å²) in [6.07, 6.45) is 7.60. The van der Waals surface area contributed by atoms with Crippen molar-refractivity contribution in [2.24, 2.45) is 23.2 Å². The van der Waals surface area contributed by atoms with Crippen molar-refractivity contribution in [3.05, 3.63) is 0 Å². The second-order valence-electron chi connectivity index (χ2n) is 7.04. The Morgan fingerprint density at radius 3 is 2.15 bits per heavy atom. The Balaban J connectivity index is 1.52. The molecule has 4 saturated carbocycles. The summed E-state index contributed by atoms with van der Waals surface area (Å²) in [4.78, 5) is 27.9. The zero-order chi connectivity index (χ0) is 14.2. The highest BCUT2D eigenvalue weighted by molar-refractivity contribution is 5.78. The van der Waals surface area contributed by atoms with E-state index in [1.165, 1.54) is 38.5 Å². The van der Waals surface area contributed by atoms with Crippen LogP contribution >= 0.6 is 0 Å². The first-order chi connectivity index (χ1) is 9.58. The molecule has 5 heteroatoms. The van der Waals surface area contributed by atoms with Gasteiger partial charge in [-0.1, -0.05) is 0 Å². The Morgan fingerprint density at radius 2 is 1.65 bits per heavy atom. The van der Waals surface area contributed by atoms with E-state index in [-0.39, 0.29) is 11.3 Å². The summed E-state index contributed by atoms with van der Waals surface area (Å²) in [6.45, 7) is 2.29. The van der Waals surface area contributed by atoms with Gasteiger partial charge in [-0.2, -0.15) is 5.48 Å². The minimum atomic E-state index is -0.591. The maximum atomic E-state index is 12.0. The summed E-state index contributed by atoms with van der Waals surface area (Å²) in [5.41, 5.74) is 2.48. The van der Waals surface area contributed by atoms with Crippen LogP contribution in [0.1, 0.15) is 51.9 Å². The third-order valence-electron chi connectivity index (χ3n) is 5.28. The van der Waals surface area contributed by atoms with Crippen LogP contribution in [-0.2, 0) is 9.63 Å². The number of carbonyl (C=O) groups excluding carboxylic acids is 2. The van der Waals surface area contributed by atoms with Gasteiger partial charge in [0.15, 0.2) is 0 Å². The van der Waals surface area contributed by atoms with Crippen molar-refractivity contribution in [3.63, 3.8) is 0 Å². The molecule has 4 fully saturated rings. The van der Waals surface area contributed by atoms with E-state index in [2.05, 4.69) is 10.8 Å². The van der Waals surface area contributed by atoms with E-state index < -0.39 is 6.09 Å². The third kappa shape index (κ3) is 2.76. The molecule has 4 aliphatic carbocycles. The predicted molar refractivity (Wildman–Crippen MR) is 73.5 cm³/mol. The SMILES string of the molecule is CCNC(=O)ONC(=O)CC12CC3CC(CC(C3)C1)C2. The third-order valence-corrected chi connectivity index (χ3v) is 5.28. The summed E-state index contributed by atoms with van der Waals surface area (Å²) < 4.78 is 0. The van der Waals surface area contributed by atoms with E-state index in [4.69, 9.17) is 4.84 Å². The van der Waals surface area contributed by atoms with Crippen molar-refractivity contribution < 1.29 is 14.4 Å². The number of amides is 2. The first-order valence-corrected chi connectivity index (χ1v) is 7.82. The van der Waals surface area contributed by atoms with Crippen molar-refractivity contribution in [1.29, 1.82) is 0 Å². The van der Waals surface area contributed by atoms with Crippen LogP contribution in [0.5, 0.6) is 0 Å². The first kappa shape index (κ1) is 13.7. The average molecular weight is 280 g/mol. The maximum absolute atomic E-state index is 12.0. The molecular formula is C15H24N2O3. The zero-order valence-corrected chi connectivity index (χ0v) is 12.1. The second-order valence-corrected chi connectivity index (χ2v) is 7.04. The average Bonchev–Trinajstić information content (AvgIpc) is 2.34. The lowest BCUT2D eigenvalue weighted by Crippen LogP contribution is -2.48. The minimum Gasteiger partial charge on any atom is -0.322 e. The molecule has 5 nitrogen and oxygen atoms in total. The topological polar surface area (TPSA) is 67.4 Å². The molecule has 20 heavy (non-hydrogen) atoms. The number of hydrogen-bond acceptors (Lipinski definition) is 3. The van der Waals surface area contributed by atoms with Gasteiger partial charge in [0.25, 0.3) is 5.91 Å². The predicted octanol–water partition coefficient (Wildman–Crippen LogP) is 2.37. The lowest BCUT2D eigenvalue weighted by atomic mass is 9.49. The number of hydroxylamine groups is 1. The normalized spacial score (nSPS) is 37.5. The van der Waals surface area contributed by atoms with E-state index in [1.807, 2.05) is 0 Å². The van der Waals surface area contributed by atoms with Crippen LogP contribution in [0.4, 0.5) is 4.79 Å². The summed E-state index contributed by atoms with van der Waals surface area (Å²) in [7, 11) is 0. The van der Waals surface area contributed by atoms with Gasteiger partial charge in [0.1, 0.15) is 0 Å². The largest absolute Gasteiger partial charge is 0.431 e. The van der Waals surface area contributed by atoms with Crippen molar-refractivity contribution >= 4 is 12.0 Å². The lowest BCUT2D eigenvalue weighted by molar-refractivity contribution is -0.137. The van der Waals surface area contributed by atoms with Crippen LogP contribution in [0.3, 0.4) is 0 Å². The molecule has 2 N–H and O–H groups in total. The van der Waals surface area contributed by atoms with Crippen LogP contribution in [-0.4, -0.2) is 18.5 Å². The van der Waals surface area contributed by atoms with Gasteiger partial charge in [-0.15, -0.1) is 0 Å². The Kier molecular flexibility index (Phi) is 3.61. The minimum absolute atomic E-state index is 0.154. The molecule has 0 aromatic heterocycles. The van der Waals surface area contributed by atoms with Gasteiger partial charge in [-0.25, -0.2) is 4.79 Å². The fraction of sp³-hybridized carbons (Fsp3) is 0.867.